The summed E-state index contributed by atoms with van der Waals surface area (Å²) in [5, 5.41) is 7.35. The minimum atomic E-state index is -4.61. The van der Waals surface area contributed by atoms with Gasteiger partial charge in [-0.2, -0.15) is 23.3 Å². The number of halogens is 6. The summed E-state index contributed by atoms with van der Waals surface area (Å²) < 4.78 is 76.8. The summed E-state index contributed by atoms with van der Waals surface area (Å²) in [7, 11) is 1.65. The Bertz CT molecular complexity index is 1770. The number of nitrogens with one attached hydrogen (secondary N) is 1. The highest BCUT2D eigenvalue weighted by Gasteiger charge is 2.34. The van der Waals surface area contributed by atoms with Gasteiger partial charge in [0, 0.05) is 57.9 Å². The Kier molecular flexibility index (Phi) is 7.79. The molecule has 1 aliphatic heterocycles. The van der Waals surface area contributed by atoms with Crippen LogP contribution in [0.4, 0.5) is 33.6 Å². The summed E-state index contributed by atoms with van der Waals surface area (Å²) in [6.45, 7) is 1.26. The van der Waals surface area contributed by atoms with Crippen LogP contribution in [0.3, 0.4) is 0 Å². The average molecular weight is 622 g/mol. The van der Waals surface area contributed by atoms with Crippen molar-refractivity contribution in [2.75, 3.05) is 38.0 Å². The third-order valence-corrected chi connectivity index (χ3v) is 7.61. The van der Waals surface area contributed by atoms with Crippen LogP contribution in [0.1, 0.15) is 11.1 Å². The van der Waals surface area contributed by atoms with E-state index in [-0.39, 0.29) is 46.7 Å². The standard InChI is InChI=1S/C27H25ClF5N9O/c1-39-24-23(28)21(43-20-13-36-42-5-4-34-11-19(20)42)12-35-25(24)38-26(39)37-17-3-2-16(18(10-17)27(31,32)33)14-40-6-8-41(9-7-40)15-22(29)30/h2-5,10-13,22H,6-9,14-15H2,1H3,(H,35,37,38). The Morgan fingerprint density at radius 2 is 1.81 bits per heavy atom. The first-order valence-corrected chi connectivity index (χ1v) is 13.6. The molecule has 1 aliphatic rings. The van der Waals surface area contributed by atoms with Gasteiger partial charge in [0.1, 0.15) is 16.1 Å². The predicted octanol–water partition coefficient (Wildman–Crippen LogP) is 5.60. The van der Waals surface area contributed by atoms with E-state index in [4.69, 9.17) is 16.3 Å². The second-order valence-electron chi connectivity index (χ2n) is 10.1. The van der Waals surface area contributed by atoms with Crippen LogP contribution in [-0.4, -0.2) is 78.1 Å². The third kappa shape index (κ3) is 6.05. The second-order valence-corrected chi connectivity index (χ2v) is 10.5. The van der Waals surface area contributed by atoms with Crippen molar-refractivity contribution in [3.63, 3.8) is 0 Å². The van der Waals surface area contributed by atoms with Crippen LogP contribution in [-0.2, 0) is 19.8 Å². The summed E-state index contributed by atoms with van der Waals surface area (Å²) in [5.41, 5.74) is 0.768. The van der Waals surface area contributed by atoms with Crippen molar-refractivity contribution in [3.8, 4) is 11.5 Å². The molecule has 5 aromatic rings. The number of imidazole rings is 1. The van der Waals surface area contributed by atoms with Crippen LogP contribution in [0, 0.1) is 0 Å². The molecule has 1 aromatic carbocycles. The topological polar surface area (TPSA) is 88.6 Å². The van der Waals surface area contributed by atoms with Crippen LogP contribution >= 0.6 is 11.6 Å². The summed E-state index contributed by atoms with van der Waals surface area (Å²) >= 11 is 6.67. The minimum absolute atomic E-state index is 0.0506. The number of aromatic nitrogens is 6. The number of anilines is 2. The normalized spacial score (nSPS) is 15.2. The van der Waals surface area contributed by atoms with E-state index < -0.39 is 18.2 Å². The molecular formula is C27H25ClF5N9O. The lowest BCUT2D eigenvalue weighted by Gasteiger charge is -2.34. The molecule has 5 heterocycles. The summed E-state index contributed by atoms with van der Waals surface area (Å²) in [6.07, 6.45) is 0.716. The van der Waals surface area contributed by atoms with Gasteiger partial charge in [-0.25, -0.2) is 18.3 Å². The minimum Gasteiger partial charge on any atom is -0.450 e. The fraction of sp³-hybridized carbons (Fsp3) is 0.333. The number of nitrogens with zero attached hydrogens (tertiary/aromatic N) is 8. The van der Waals surface area contributed by atoms with Gasteiger partial charge in [0.15, 0.2) is 17.1 Å². The summed E-state index contributed by atoms with van der Waals surface area (Å²) in [4.78, 5) is 16.3. The van der Waals surface area contributed by atoms with Gasteiger partial charge in [0.2, 0.25) is 5.95 Å². The van der Waals surface area contributed by atoms with Crippen molar-refractivity contribution in [2.45, 2.75) is 19.1 Å². The molecular weight excluding hydrogens is 597 g/mol. The number of ether oxygens (including phenoxy) is 1. The van der Waals surface area contributed by atoms with Crippen molar-refractivity contribution in [3.05, 3.63) is 65.3 Å². The van der Waals surface area contributed by atoms with Crippen molar-refractivity contribution >= 4 is 39.9 Å². The fourth-order valence-electron chi connectivity index (χ4n) is 5.06. The van der Waals surface area contributed by atoms with Crippen molar-refractivity contribution in [1.29, 1.82) is 0 Å². The number of benzene rings is 1. The molecule has 226 valence electrons. The van der Waals surface area contributed by atoms with Crippen molar-refractivity contribution in [2.24, 2.45) is 7.05 Å². The lowest BCUT2D eigenvalue weighted by molar-refractivity contribution is -0.138. The van der Waals surface area contributed by atoms with Gasteiger partial charge in [-0.3, -0.25) is 14.8 Å². The number of alkyl halides is 5. The number of fused-ring (bicyclic) bond motifs is 2. The van der Waals surface area contributed by atoms with E-state index in [0.29, 0.717) is 43.0 Å². The fourth-order valence-corrected chi connectivity index (χ4v) is 5.36. The van der Waals surface area contributed by atoms with Crippen LogP contribution in [0.25, 0.3) is 16.7 Å². The Morgan fingerprint density at radius 3 is 2.56 bits per heavy atom. The highest BCUT2D eigenvalue weighted by molar-refractivity contribution is 6.36. The predicted molar refractivity (Wildman–Crippen MR) is 149 cm³/mol. The van der Waals surface area contributed by atoms with Gasteiger partial charge in [-0.1, -0.05) is 17.7 Å². The van der Waals surface area contributed by atoms with E-state index in [2.05, 4.69) is 25.4 Å². The zero-order valence-corrected chi connectivity index (χ0v) is 23.4. The molecule has 4 aromatic heterocycles. The van der Waals surface area contributed by atoms with Crippen LogP contribution in [0.15, 0.2) is 49.2 Å². The molecule has 0 spiro atoms. The third-order valence-electron chi connectivity index (χ3n) is 7.24. The first kappa shape index (κ1) is 29.0. The molecule has 1 fully saturated rings. The van der Waals surface area contributed by atoms with E-state index in [1.54, 1.807) is 45.7 Å². The molecule has 1 saturated heterocycles. The Morgan fingerprint density at radius 1 is 1.05 bits per heavy atom. The summed E-state index contributed by atoms with van der Waals surface area (Å²) in [5.74, 6) is 0.866. The quantitative estimate of drug-likeness (QED) is 0.224. The molecule has 0 saturated carbocycles. The molecule has 0 aliphatic carbocycles. The number of hydrogen-bond acceptors (Lipinski definition) is 8. The first-order chi connectivity index (χ1) is 20.6. The maximum Gasteiger partial charge on any atom is 0.416 e. The molecule has 16 heteroatoms. The maximum absolute atomic E-state index is 14.1. The Balaban J connectivity index is 1.22. The number of aryl methyl sites for hydroxylation is 1. The molecule has 0 amide bonds. The van der Waals surface area contributed by atoms with Gasteiger partial charge in [0.05, 0.1) is 30.7 Å². The average Bonchev–Trinajstić information content (AvgIpc) is 3.52. The largest absolute Gasteiger partial charge is 0.450 e. The van der Waals surface area contributed by atoms with Gasteiger partial charge >= 0.3 is 6.18 Å². The highest BCUT2D eigenvalue weighted by Crippen LogP contribution is 2.38. The zero-order chi connectivity index (χ0) is 30.3. The number of hydrogen-bond donors (Lipinski definition) is 1. The van der Waals surface area contributed by atoms with E-state index in [1.807, 2.05) is 4.90 Å². The second kappa shape index (κ2) is 11.5. The Hall–Kier alpha value is -4.08. The summed E-state index contributed by atoms with van der Waals surface area (Å²) in [6, 6.07) is 3.99. The van der Waals surface area contributed by atoms with E-state index in [0.717, 1.165) is 6.07 Å². The van der Waals surface area contributed by atoms with Gasteiger partial charge in [0.25, 0.3) is 6.43 Å². The SMILES string of the molecule is Cn1c(Nc2ccc(CN3CCN(CC(F)F)CC3)c(C(F)(F)F)c2)nc2ncc(Oc3cnn4ccncc34)c(Cl)c21. The Labute approximate surface area is 246 Å². The lowest BCUT2D eigenvalue weighted by atomic mass is 10.0. The molecule has 10 nitrogen and oxygen atoms in total. The van der Waals surface area contributed by atoms with Crippen LogP contribution in [0.5, 0.6) is 11.5 Å². The van der Waals surface area contributed by atoms with Gasteiger partial charge < -0.3 is 14.6 Å². The smallest absolute Gasteiger partial charge is 0.416 e. The van der Waals surface area contributed by atoms with Crippen molar-refractivity contribution in [1.82, 2.24) is 38.9 Å². The van der Waals surface area contributed by atoms with Crippen molar-refractivity contribution < 1.29 is 26.7 Å². The monoisotopic (exact) mass is 621 g/mol. The first-order valence-electron chi connectivity index (χ1n) is 13.2. The molecule has 1 N–H and O–H groups in total. The van der Waals surface area contributed by atoms with E-state index >= 15 is 0 Å². The zero-order valence-electron chi connectivity index (χ0n) is 22.7. The molecule has 0 bridgehead atoms. The molecule has 43 heavy (non-hydrogen) atoms. The van der Waals surface area contributed by atoms with Gasteiger partial charge in [-0.05, 0) is 17.7 Å². The van der Waals surface area contributed by atoms with Crippen LogP contribution in [0.2, 0.25) is 5.02 Å². The number of pyridine rings is 1. The maximum atomic E-state index is 14.1. The van der Waals surface area contributed by atoms with Crippen LogP contribution < -0.4 is 10.1 Å². The van der Waals surface area contributed by atoms with E-state index in [1.165, 1.54) is 18.5 Å². The van der Waals surface area contributed by atoms with E-state index in [9.17, 15) is 22.0 Å². The molecule has 0 atom stereocenters. The highest BCUT2D eigenvalue weighted by atomic mass is 35.5. The van der Waals surface area contributed by atoms with Gasteiger partial charge in [-0.15, -0.1) is 0 Å². The number of rotatable bonds is 8. The molecule has 0 unspecified atom stereocenters. The lowest BCUT2D eigenvalue weighted by Crippen LogP contribution is -2.47. The molecule has 0 radical (unpaired) electrons. The molecule has 6 rings (SSSR count). The number of piperazine rings is 1.